The number of nitrogens with zero attached hydrogens (tertiary/aromatic N) is 2. The van der Waals surface area contributed by atoms with E-state index in [1.807, 2.05) is 62.5 Å². The molecule has 0 radical (unpaired) electrons. The van der Waals surface area contributed by atoms with E-state index in [4.69, 9.17) is 9.15 Å². The molecule has 3 N–H and O–H groups in total. The zero-order chi connectivity index (χ0) is 26.6. The third-order valence-electron chi connectivity index (χ3n) is 5.72. The Morgan fingerprint density at radius 2 is 1.89 bits per heavy atom. The van der Waals surface area contributed by atoms with E-state index in [0.29, 0.717) is 6.42 Å². The lowest BCUT2D eigenvalue weighted by Crippen LogP contribution is -2.36. The van der Waals surface area contributed by atoms with Crippen molar-refractivity contribution in [3.8, 4) is 0 Å². The van der Waals surface area contributed by atoms with Crippen LogP contribution in [0.3, 0.4) is 0 Å². The number of carbonyl (C=O) groups excluding carboxylic acids is 2. The van der Waals surface area contributed by atoms with Crippen LogP contribution in [-0.2, 0) is 16.0 Å². The summed E-state index contributed by atoms with van der Waals surface area (Å²) < 4.78 is 11.3. The third-order valence-corrected chi connectivity index (χ3v) is 6.53. The molecule has 37 heavy (non-hydrogen) atoms. The second kappa shape index (κ2) is 11.1. The summed E-state index contributed by atoms with van der Waals surface area (Å²) in [6.45, 7) is 9.36. The molecule has 0 aliphatic heterocycles. The van der Waals surface area contributed by atoms with Crippen LogP contribution in [0.4, 0.5) is 10.5 Å². The van der Waals surface area contributed by atoms with Gasteiger partial charge in [0.15, 0.2) is 0 Å². The van der Waals surface area contributed by atoms with Gasteiger partial charge in [-0.1, -0.05) is 42.1 Å². The number of benzene rings is 2. The van der Waals surface area contributed by atoms with E-state index in [2.05, 4.69) is 25.8 Å². The number of amides is 2. The van der Waals surface area contributed by atoms with E-state index in [0.717, 1.165) is 45.0 Å². The van der Waals surface area contributed by atoms with E-state index in [1.54, 1.807) is 20.8 Å². The Balaban J connectivity index is 1.46. The highest BCUT2D eigenvalue weighted by molar-refractivity contribution is 7.99. The standard InChI is InChI=1S/C27H31N5O4S/c1-16-9-8-12-20(17(16)2)29-23(33)15-37-26-32-31-24(35-26)22(30-25(34)36-27(3,4)5)13-18-14-28-21-11-7-6-10-19(18)21/h6-12,14,22,28H,13,15H2,1-5H3,(H,29,33)(H,30,34). The van der Waals surface area contributed by atoms with Crippen LogP contribution >= 0.6 is 11.8 Å². The molecule has 194 valence electrons. The lowest BCUT2D eigenvalue weighted by molar-refractivity contribution is -0.113. The van der Waals surface area contributed by atoms with Gasteiger partial charge in [0, 0.05) is 29.2 Å². The number of rotatable bonds is 8. The molecule has 2 heterocycles. The maximum atomic E-state index is 12.6. The maximum absolute atomic E-state index is 12.6. The highest BCUT2D eigenvalue weighted by Crippen LogP contribution is 2.27. The first-order chi connectivity index (χ1) is 17.6. The van der Waals surface area contributed by atoms with Crippen LogP contribution < -0.4 is 10.6 Å². The van der Waals surface area contributed by atoms with Crippen LogP contribution in [-0.4, -0.2) is 38.5 Å². The quantitative estimate of drug-likeness (QED) is 0.254. The summed E-state index contributed by atoms with van der Waals surface area (Å²) in [6, 6.07) is 13.1. The molecule has 0 spiro atoms. The molecule has 0 fully saturated rings. The molecule has 10 heteroatoms. The predicted octanol–water partition coefficient (Wildman–Crippen LogP) is 5.71. The van der Waals surface area contributed by atoms with Crippen molar-refractivity contribution in [1.82, 2.24) is 20.5 Å². The van der Waals surface area contributed by atoms with Gasteiger partial charge in [-0.15, -0.1) is 10.2 Å². The van der Waals surface area contributed by atoms with Crippen LogP contribution in [0.25, 0.3) is 10.9 Å². The van der Waals surface area contributed by atoms with E-state index >= 15 is 0 Å². The molecular weight excluding hydrogens is 490 g/mol. The van der Waals surface area contributed by atoms with Crippen LogP contribution in [0.2, 0.25) is 0 Å². The van der Waals surface area contributed by atoms with Crippen LogP contribution in [0.1, 0.15) is 49.4 Å². The third kappa shape index (κ3) is 6.91. The number of para-hydroxylation sites is 1. The number of hydrogen-bond donors (Lipinski definition) is 3. The summed E-state index contributed by atoms with van der Waals surface area (Å²) in [5.74, 6) is 0.149. The first-order valence-electron chi connectivity index (χ1n) is 12.0. The maximum Gasteiger partial charge on any atom is 0.408 e. The lowest BCUT2D eigenvalue weighted by atomic mass is 10.1. The summed E-state index contributed by atoms with van der Waals surface area (Å²) >= 11 is 1.13. The Morgan fingerprint density at radius 3 is 2.68 bits per heavy atom. The fourth-order valence-electron chi connectivity index (χ4n) is 3.79. The van der Waals surface area contributed by atoms with Gasteiger partial charge in [0.2, 0.25) is 11.8 Å². The predicted molar refractivity (Wildman–Crippen MR) is 144 cm³/mol. The molecule has 0 bridgehead atoms. The molecular formula is C27H31N5O4S. The molecule has 2 aromatic heterocycles. The summed E-state index contributed by atoms with van der Waals surface area (Å²) in [7, 11) is 0. The van der Waals surface area contributed by atoms with Crippen molar-refractivity contribution < 1.29 is 18.7 Å². The topological polar surface area (TPSA) is 122 Å². The van der Waals surface area contributed by atoms with Crippen molar-refractivity contribution in [3.05, 3.63) is 71.2 Å². The van der Waals surface area contributed by atoms with Crippen LogP contribution in [0, 0.1) is 13.8 Å². The number of aromatic amines is 1. The Morgan fingerprint density at radius 1 is 1.11 bits per heavy atom. The zero-order valence-electron chi connectivity index (χ0n) is 21.5. The number of anilines is 1. The minimum absolute atomic E-state index is 0.0988. The first-order valence-corrected chi connectivity index (χ1v) is 12.9. The summed E-state index contributed by atoms with van der Waals surface area (Å²) in [6.07, 6.45) is 1.72. The number of nitrogens with one attached hydrogen (secondary N) is 3. The average molecular weight is 522 g/mol. The van der Waals surface area contributed by atoms with Crippen LogP contribution in [0.5, 0.6) is 0 Å². The van der Waals surface area contributed by atoms with Crippen molar-refractivity contribution in [2.45, 2.75) is 57.9 Å². The van der Waals surface area contributed by atoms with Crippen molar-refractivity contribution in [2.75, 3.05) is 11.1 Å². The number of thioether (sulfide) groups is 1. The van der Waals surface area contributed by atoms with Gasteiger partial charge < -0.3 is 24.8 Å². The molecule has 0 saturated carbocycles. The molecule has 1 atom stereocenters. The number of aryl methyl sites for hydroxylation is 1. The molecule has 1 unspecified atom stereocenters. The Labute approximate surface area is 219 Å². The summed E-state index contributed by atoms with van der Waals surface area (Å²) in [4.78, 5) is 28.3. The van der Waals surface area contributed by atoms with Crippen molar-refractivity contribution in [3.63, 3.8) is 0 Å². The smallest absolute Gasteiger partial charge is 0.408 e. The Bertz CT molecular complexity index is 1410. The minimum atomic E-state index is -0.658. The number of H-pyrrole nitrogens is 1. The van der Waals surface area contributed by atoms with Crippen molar-refractivity contribution in [2.24, 2.45) is 0 Å². The summed E-state index contributed by atoms with van der Waals surface area (Å²) in [5, 5.41) is 15.3. The van der Waals surface area contributed by atoms with Gasteiger partial charge >= 0.3 is 6.09 Å². The molecule has 0 saturated heterocycles. The highest BCUT2D eigenvalue weighted by atomic mass is 32.2. The van der Waals surface area contributed by atoms with Crippen molar-refractivity contribution in [1.29, 1.82) is 0 Å². The second-order valence-electron chi connectivity index (χ2n) is 9.75. The van der Waals surface area contributed by atoms with Gasteiger partial charge in [-0.2, -0.15) is 0 Å². The largest absolute Gasteiger partial charge is 0.444 e. The number of alkyl carbamates (subject to hydrolysis) is 1. The van der Waals surface area contributed by atoms with Gasteiger partial charge in [0.25, 0.3) is 5.22 Å². The molecule has 0 aliphatic carbocycles. The zero-order valence-corrected chi connectivity index (χ0v) is 22.4. The highest BCUT2D eigenvalue weighted by Gasteiger charge is 2.26. The average Bonchev–Trinajstić information content (AvgIpc) is 3.47. The first kappa shape index (κ1) is 26.3. The van der Waals surface area contributed by atoms with E-state index < -0.39 is 17.7 Å². The minimum Gasteiger partial charge on any atom is -0.444 e. The fraction of sp³-hybridized carbons (Fsp3) is 0.333. The second-order valence-corrected chi connectivity index (χ2v) is 10.7. The molecule has 4 aromatic rings. The number of carbonyl (C=O) groups is 2. The van der Waals surface area contributed by atoms with Crippen molar-refractivity contribution >= 4 is 40.4 Å². The Hall–Kier alpha value is -3.79. The summed E-state index contributed by atoms with van der Waals surface area (Å²) in [5.41, 5.74) is 4.22. The number of hydrogen-bond acceptors (Lipinski definition) is 7. The molecule has 9 nitrogen and oxygen atoms in total. The normalized spacial score (nSPS) is 12.4. The monoisotopic (exact) mass is 521 g/mol. The fourth-order valence-corrected chi connectivity index (χ4v) is 4.36. The van der Waals surface area contributed by atoms with E-state index in [-0.39, 0.29) is 22.8 Å². The van der Waals surface area contributed by atoms with E-state index in [1.165, 1.54) is 0 Å². The van der Waals surface area contributed by atoms with Gasteiger partial charge in [0.1, 0.15) is 11.6 Å². The molecule has 0 aliphatic rings. The van der Waals surface area contributed by atoms with E-state index in [9.17, 15) is 9.59 Å². The Kier molecular flexibility index (Phi) is 7.87. The number of aromatic nitrogens is 3. The number of fused-ring (bicyclic) bond motifs is 1. The lowest BCUT2D eigenvalue weighted by Gasteiger charge is -2.22. The van der Waals surface area contributed by atoms with Gasteiger partial charge in [-0.25, -0.2) is 4.79 Å². The van der Waals surface area contributed by atoms with Crippen LogP contribution in [0.15, 0.2) is 58.3 Å². The number of ether oxygens (including phenoxy) is 1. The van der Waals surface area contributed by atoms with Gasteiger partial charge in [-0.05, 0) is 63.4 Å². The van der Waals surface area contributed by atoms with Gasteiger partial charge in [-0.3, -0.25) is 4.79 Å². The SMILES string of the molecule is Cc1cccc(NC(=O)CSc2nnc(C(Cc3c[nH]c4ccccc34)NC(=O)OC(C)(C)C)o2)c1C. The molecule has 2 amide bonds. The van der Waals surface area contributed by atoms with Gasteiger partial charge in [0.05, 0.1) is 5.75 Å². The molecule has 4 rings (SSSR count). The molecule has 2 aromatic carbocycles.